The molecular weight excluding hydrogens is 222 g/mol. The van der Waals surface area contributed by atoms with Crippen LogP contribution in [-0.4, -0.2) is 17.0 Å². The van der Waals surface area contributed by atoms with Crippen molar-refractivity contribution in [3.8, 4) is 11.3 Å². The molecule has 0 aliphatic carbocycles. The van der Waals surface area contributed by atoms with E-state index in [-0.39, 0.29) is 0 Å². The highest BCUT2D eigenvalue weighted by atomic mass is 35.5. The quantitative estimate of drug-likeness (QED) is 0.866. The first-order chi connectivity index (χ1) is 7.69. The highest BCUT2D eigenvalue weighted by Gasteiger charge is 2.03. The molecule has 0 radical (unpaired) electrons. The van der Waals surface area contributed by atoms with Gasteiger partial charge < -0.3 is 5.32 Å². The first-order valence-electron chi connectivity index (χ1n) is 4.98. The molecule has 0 saturated heterocycles. The Labute approximate surface area is 99.5 Å². The second-order valence-corrected chi connectivity index (χ2v) is 3.91. The second-order valence-electron chi connectivity index (χ2n) is 3.48. The number of hydrogen-bond donors (Lipinski definition) is 1. The lowest BCUT2D eigenvalue weighted by Crippen LogP contribution is -1.99. The molecular formula is C12H12ClN3. The standard InChI is InChI=1S/C12H12ClN3/c1-8-6-11(16-12(14-2)15-8)9-4-3-5-10(13)7-9/h3-7H,1-2H3,(H,14,15,16). The van der Waals surface area contributed by atoms with Crippen molar-refractivity contribution in [3.63, 3.8) is 0 Å². The summed E-state index contributed by atoms with van der Waals surface area (Å²) in [5, 5.41) is 3.65. The lowest BCUT2D eigenvalue weighted by molar-refractivity contribution is 1.10. The van der Waals surface area contributed by atoms with E-state index in [4.69, 9.17) is 11.6 Å². The van der Waals surface area contributed by atoms with Crippen LogP contribution in [0.25, 0.3) is 11.3 Å². The monoisotopic (exact) mass is 233 g/mol. The predicted octanol–water partition coefficient (Wildman–Crippen LogP) is 3.15. The Kier molecular flexibility index (Phi) is 3.06. The summed E-state index contributed by atoms with van der Waals surface area (Å²) < 4.78 is 0. The van der Waals surface area contributed by atoms with E-state index in [0.717, 1.165) is 17.0 Å². The molecule has 0 amide bonds. The average Bonchev–Trinajstić information content (AvgIpc) is 2.28. The van der Waals surface area contributed by atoms with Gasteiger partial charge in [-0.05, 0) is 25.1 Å². The molecule has 82 valence electrons. The van der Waals surface area contributed by atoms with E-state index in [1.54, 1.807) is 7.05 Å². The zero-order valence-corrected chi connectivity index (χ0v) is 9.92. The van der Waals surface area contributed by atoms with Gasteiger partial charge in [-0.1, -0.05) is 23.7 Å². The number of nitrogens with zero attached hydrogens (tertiary/aromatic N) is 2. The Morgan fingerprint density at radius 2 is 2.00 bits per heavy atom. The fourth-order valence-electron chi connectivity index (χ4n) is 1.48. The van der Waals surface area contributed by atoms with E-state index >= 15 is 0 Å². The third kappa shape index (κ3) is 2.31. The van der Waals surface area contributed by atoms with Crippen LogP contribution in [0.5, 0.6) is 0 Å². The maximum absolute atomic E-state index is 5.95. The van der Waals surface area contributed by atoms with Gasteiger partial charge in [0.05, 0.1) is 5.69 Å². The molecule has 2 rings (SSSR count). The van der Waals surface area contributed by atoms with Crippen molar-refractivity contribution < 1.29 is 0 Å². The molecule has 0 aliphatic heterocycles. The molecule has 2 aromatic rings. The van der Waals surface area contributed by atoms with Gasteiger partial charge >= 0.3 is 0 Å². The number of halogens is 1. The maximum atomic E-state index is 5.95. The van der Waals surface area contributed by atoms with E-state index in [0.29, 0.717) is 11.0 Å². The minimum absolute atomic E-state index is 0.620. The molecule has 0 spiro atoms. The van der Waals surface area contributed by atoms with E-state index in [9.17, 15) is 0 Å². The molecule has 3 nitrogen and oxygen atoms in total. The highest BCUT2D eigenvalue weighted by Crippen LogP contribution is 2.22. The molecule has 4 heteroatoms. The molecule has 0 unspecified atom stereocenters. The normalized spacial score (nSPS) is 10.2. The number of hydrogen-bond acceptors (Lipinski definition) is 3. The highest BCUT2D eigenvalue weighted by molar-refractivity contribution is 6.30. The third-order valence-electron chi connectivity index (χ3n) is 2.20. The Hall–Kier alpha value is -1.61. The number of benzene rings is 1. The van der Waals surface area contributed by atoms with Crippen molar-refractivity contribution in [2.24, 2.45) is 0 Å². The van der Waals surface area contributed by atoms with Crippen LogP contribution in [0.1, 0.15) is 5.69 Å². The van der Waals surface area contributed by atoms with Crippen LogP contribution in [-0.2, 0) is 0 Å². The van der Waals surface area contributed by atoms with Gasteiger partial charge in [0.1, 0.15) is 0 Å². The topological polar surface area (TPSA) is 37.8 Å². The summed E-state index contributed by atoms with van der Waals surface area (Å²) in [6.07, 6.45) is 0. The smallest absolute Gasteiger partial charge is 0.223 e. The van der Waals surface area contributed by atoms with Crippen molar-refractivity contribution >= 4 is 17.5 Å². The molecule has 0 fully saturated rings. The minimum Gasteiger partial charge on any atom is -0.357 e. The third-order valence-corrected chi connectivity index (χ3v) is 2.43. The fourth-order valence-corrected chi connectivity index (χ4v) is 1.67. The van der Waals surface area contributed by atoms with Crippen LogP contribution in [0.15, 0.2) is 30.3 Å². The van der Waals surface area contributed by atoms with Crippen LogP contribution in [0, 0.1) is 6.92 Å². The zero-order valence-electron chi connectivity index (χ0n) is 9.16. The molecule has 0 aliphatic rings. The summed E-state index contributed by atoms with van der Waals surface area (Å²) >= 11 is 5.95. The van der Waals surface area contributed by atoms with Crippen LogP contribution in [0.3, 0.4) is 0 Å². The van der Waals surface area contributed by atoms with Crippen LogP contribution in [0.2, 0.25) is 5.02 Å². The Balaban J connectivity index is 2.51. The van der Waals surface area contributed by atoms with E-state index in [1.165, 1.54) is 0 Å². The average molecular weight is 234 g/mol. The molecule has 1 N–H and O–H groups in total. The summed E-state index contributed by atoms with van der Waals surface area (Å²) in [5.41, 5.74) is 2.79. The number of aryl methyl sites for hydroxylation is 1. The number of aromatic nitrogens is 2. The molecule has 16 heavy (non-hydrogen) atoms. The van der Waals surface area contributed by atoms with Crippen molar-refractivity contribution in [1.82, 2.24) is 9.97 Å². The summed E-state index contributed by atoms with van der Waals surface area (Å²) in [6.45, 7) is 1.94. The second kappa shape index (κ2) is 4.49. The van der Waals surface area contributed by atoms with Crippen LogP contribution < -0.4 is 5.32 Å². The number of nitrogens with one attached hydrogen (secondary N) is 1. The first-order valence-corrected chi connectivity index (χ1v) is 5.36. The Bertz CT molecular complexity index is 511. The molecule has 1 aromatic heterocycles. The summed E-state index contributed by atoms with van der Waals surface area (Å²) in [5.74, 6) is 0.620. The lowest BCUT2D eigenvalue weighted by Gasteiger charge is -2.05. The van der Waals surface area contributed by atoms with E-state index < -0.39 is 0 Å². The summed E-state index contributed by atoms with van der Waals surface area (Å²) in [6, 6.07) is 9.56. The predicted molar refractivity (Wildman–Crippen MR) is 66.8 cm³/mol. The van der Waals surface area contributed by atoms with Gasteiger partial charge in [0.2, 0.25) is 5.95 Å². The lowest BCUT2D eigenvalue weighted by atomic mass is 10.1. The number of anilines is 1. The van der Waals surface area contributed by atoms with Gasteiger partial charge in [0.25, 0.3) is 0 Å². The maximum Gasteiger partial charge on any atom is 0.223 e. The summed E-state index contributed by atoms with van der Waals surface area (Å²) in [7, 11) is 1.80. The molecule has 1 aromatic carbocycles. The first kappa shape index (κ1) is 10.9. The van der Waals surface area contributed by atoms with Gasteiger partial charge in [-0.2, -0.15) is 0 Å². The van der Waals surface area contributed by atoms with Gasteiger partial charge in [-0.3, -0.25) is 0 Å². The van der Waals surface area contributed by atoms with Crippen molar-refractivity contribution in [1.29, 1.82) is 0 Å². The van der Waals surface area contributed by atoms with Crippen molar-refractivity contribution in [3.05, 3.63) is 41.0 Å². The molecule has 0 atom stereocenters. The minimum atomic E-state index is 0.620. The van der Waals surface area contributed by atoms with E-state index in [1.807, 2.05) is 37.3 Å². The van der Waals surface area contributed by atoms with Crippen molar-refractivity contribution in [2.75, 3.05) is 12.4 Å². The SMILES string of the molecule is CNc1nc(C)cc(-c2cccc(Cl)c2)n1. The Morgan fingerprint density at radius 1 is 1.19 bits per heavy atom. The van der Waals surface area contributed by atoms with Gasteiger partial charge in [-0.25, -0.2) is 9.97 Å². The van der Waals surface area contributed by atoms with Gasteiger partial charge in [0.15, 0.2) is 0 Å². The van der Waals surface area contributed by atoms with Crippen LogP contribution in [0.4, 0.5) is 5.95 Å². The molecule has 0 saturated carbocycles. The summed E-state index contributed by atoms with van der Waals surface area (Å²) in [4.78, 5) is 8.63. The number of rotatable bonds is 2. The zero-order chi connectivity index (χ0) is 11.5. The molecule has 1 heterocycles. The van der Waals surface area contributed by atoms with Gasteiger partial charge in [0, 0.05) is 23.3 Å². The van der Waals surface area contributed by atoms with Gasteiger partial charge in [-0.15, -0.1) is 0 Å². The Morgan fingerprint density at radius 3 is 2.69 bits per heavy atom. The van der Waals surface area contributed by atoms with Crippen molar-refractivity contribution in [2.45, 2.75) is 6.92 Å². The van der Waals surface area contributed by atoms with Crippen LogP contribution >= 0.6 is 11.6 Å². The molecule has 0 bridgehead atoms. The van der Waals surface area contributed by atoms with E-state index in [2.05, 4.69) is 15.3 Å². The largest absolute Gasteiger partial charge is 0.357 e. The fraction of sp³-hybridized carbons (Fsp3) is 0.167.